The Kier molecular flexibility index (Phi) is 22.9. The zero-order chi connectivity index (χ0) is 46.2. The van der Waals surface area contributed by atoms with Crippen LogP contribution in [0.15, 0.2) is 84.9 Å². The monoisotopic (exact) mass is 892 g/mol. The molecule has 4 heterocycles. The fraction of sp³-hybridized carbons (Fsp3) is 0.520. The number of piperidine rings is 1. The van der Waals surface area contributed by atoms with Gasteiger partial charge in [0.2, 0.25) is 0 Å². The van der Waals surface area contributed by atoms with Crippen molar-refractivity contribution in [2.45, 2.75) is 71.5 Å². The molecule has 3 aliphatic heterocycles. The highest BCUT2D eigenvalue weighted by Crippen LogP contribution is 2.30. The lowest BCUT2D eigenvalue weighted by atomic mass is 9.95. The number of alkyl halides is 3. The number of nitrogens with one attached hydrogen (secondary N) is 2. The predicted molar refractivity (Wildman–Crippen MR) is 253 cm³/mol. The fourth-order valence-corrected chi connectivity index (χ4v) is 7.59. The highest BCUT2D eigenvalue weighted by atomic mass is 19.4. The molecule has 3 aromatic carbocycles. The van der Waals surface area contributed by atoms with Gasteiger partial charge in [0.05, 0.1) is 19.3 Å². The van der Waals surface area contributed by atoms with Crippen LogP contribution in [0.1, 0.15) is 73.1 Å². The lowest BCUT2D eigenvalue weighted by Crippen LogP contribution is -2.47. The van der Waals surface area contributed by atoms with Gasteiger partial charge < -0.3 is 45.3 Å². The average molecular weight is 892 g/mol. The first-order valence-electron chi connectivity index (χ1n) is 23.0. The number of aryl methyl sites for hydroxylation is 1. The highest BCUT2D eigenvalue weighted by Gasteiger charge is 2.32. The summed E-state index contributed by atoms with van der Waals surface area (Å²) in [6.07, 6.45) is 2.74. The maximum atomic E-state index is 12.4. The topological polar surface area (TPSA) is 117 Å². The van der Waals surface area contributed by atoms with Crippen LogP contribution in [0.2, 0.25) is 0 Å². The van der Waals surface area contributed by atoms with Crippen molar-refractivity contribution in [3.8, 4) is 17.2 Å². The Morgan fingerprint density at radius 3 is 2.22 bits per heavy atom. The van der Waals surface area contributed by atoms with Crippen LogP contribution >= 0.6 is 0 Å². The number of nitrogens with zero attached hydrogens (tertiary/aromatic N) is 4. The van der Waals surface area contributed by atoms with Crippen LogP contribution in [0.3, 0.4) is 0 Å². The smallest absolute Gasteiger partial charge is 0.433 e. The van der Waals surface area contributed by atoms with Crippen molar-refractivity contribution >= 4 is 17.8 Å². The van der Waals surface area contributed by atoms with Crippen molar-refractivity contribution in [2.75, 3.05) is 103 Å². The molecule has 4 N–H and O–H groups in total. The van der Waals surface area contributed by atoms with E-state index in [2.05, 4.69) is 68.6 Å². The average Bonchev–Trinajstić information content (AvgIpc) is 3.32. The number of carbonyl (C=O) groups is 1. The van der Waals surface area contributed by atoms with Crippen molar-refractivity contribution in [3.63, 3.8) is 0 Å². The largest absolute Gasteiger partial charge is 0.494 e. The molecule has 4 aromatic rings. The molecule has 0 aliphatic carbocycles. The van der Waals surface area contributed by atoms with Crippen LogP contribution < -0.4 is 30.7 Å². The van der Waals surface area contributed by atoms with Crippen molar-refractivity contribution in [3.05, 3.63) is 107 Å². The zero-order valence-corrected chi connectivity index (χ0v) is 38.7. The Hall–Kier alpha value is -4.73. The summed E-state index contributed by atoms with van der Waals surface area (Å²) in [4.78, 5) is 21.8. The number of hydrogen-bond donors (Lipinski definition) is 3. The first-order chi connectivity index (χ1) is 31.0. The number of pyridine rings is 1. The van der Waals surface area contributed by atoms with E-state index in [0.717, 1.165) is 92.0 Å². The van der Waals surface area contributed by atoms with Gasteiger partial charge in [-0.05, 0) is 156 Å². The van der Waals surface area contributed by atoms with Crippen molar-refractivity contribution in [1.29, 1.82) is 0 Å². The van der Waals surface area contributed by atoms with Crippen LogP contribution in [0.25, 0.3) is 0 Å². The Balaban J connectivity index is 0.000000208. The summed E-state index contributed by atoms with van der Waals surface area (Å²) < 4.78 is 54.1. The van der Waals surface area contributed by atoms with Crippen molar-refractivity contribution < 1.29 is 32.2 Å². The quantitative estimate of drug-likeness (QED) is 0.0785. The van der Waals surface area contributed by atoms with Gasteiger partial charge in [0.1, 0.15) is 35.0 Å². The van der Waals surface area contributed by atoms with Gasteiger partial charge in [0, 0.05) is 63.7 Å². The second kappa shape index (κ2) is 28.2. The van der Waals surface area contributed by atoms with E-state index in [-0.39, 0.29) is 11.9 Å². The molecule has 0 radical (unpaired) electrons. The molecule has 64 heavy (non-hydrogen) atoms. The second-order valence-corrected chi connectivity index (χ2v) is 16.2. The first-order valence-corrected chi connectivity index (χ1v) is 23.0. The predicted octanol–water partition coefficient (Wildman–Crippen LogP) is 8.96. The Bertz CT molecular complexity index is 1880. The molecular formula is C50H72F3N7O4. The molecule has 3 aliphatic rings. The number of hydrogen-bond acceptors (Lipinski definition) is 11. The number of anilines is 2. The zero-order valence-electron chi connectivity index (χ0n) is 38.7. The number of aromatic nitrogens is 1. The van der Waals surface area contributed by atoms with Crippen molar-refractivity contribution in [2.24, 2.45) is 11.7 Å². The van der Waals surface area contributed by atoms with E-state index >= 15 is 0 Å². The molecule has 0 saturated carbocycles. The van der Waals surface area contributed by atoms with Crippen LogP contribution in [0.5, 0.6) is 17.2 Å². The molecule has 3 fully saturated rings. The van der Waals surface area contributed by atoms with E-state index in [1.54, 1.807) is 0 Å². The summed E-state index contributed by atoms with van der Waals surface area (Å²) >= 11 is 0. The Morgan fingerprint density at radius 2 is 1.61 bits per heavy atom. The van der Waals surface area contributed by atoms with Gasteiger partial charge in [-0.1, -0.05) is 32.0 Å². The summed E-state index contributed by atoms with van der Waals surface area (Å²) in [5, 5.41) is 6.06. The molecule has 1 aromatic heterocycles. The molecular weight excluding hydrogens is 820 g/mol. The summed E-state index contributed by atoms with van der Waals surface area (Å²) in [5.74, 6) is 3.63. The number of rotatable bonds is 15. The maximum Gasteiger partial charge on any atom is 0.433 e. The number of likely N-dealkylation sites (N-methyl/N-ethyl adjacent to an activating group) is 1. The molecule has 352 valence electrons. The molecule has 7 rings (SSSR count). The number of nitrogens with two attached hydrogens (primary N) is 1. The lowest BCUT2D eigenvalue weighted by Gasteiger charge is -2.38. The molecule has 1 atom stereocenters. The number of aldehydes is 1. The third-order valence-electron chi connectivity index (χ3n) is 11.2. The second-order valence-electron chi connectivity index (χ2n) is 16.2. The number of ether oxygens (including phenoxy) is 3. The van der Waals surface area contributed by atoms with Gasteiger partial charge in [-0.2, -0.15) is 13.2 Å². The van der Waals surface area contributed by atoms with Gasteiger partial charge in [-0.25, -0.2) is 4.98 Å². The standard InChI is InChI=1S/C19H26N2O2.C18H27N3O.C11H13F3N2O.C2H6/c1-15-14-16(10-11-20)4-9-19(15)23-18-7-5-17(6-8-18)22-13-3-12-21-2;1-19-10-12-20(13-11-19)14-16-6-8-21(9-7-16)18-4-2-17(15-22)3-5-18;12-11(13,14)9-4-1-5-10(16-9)15-8-3-2-6-17-7-8;1-2/h4-9,14,21H,3,10-13,20H2,1-2H3;2-5,15-16H,6-14H2,1H3;1,4-5,8H,2-3,6-7H2,(H,15,16);1-2H3. The Morgan fingerprint density at radius 1 is 0.906 bits per heavy atom. The molecule has 11 nitrogen and oxygen atoms in total. The summed E-state index contributed by atoms with van der Waals surface area (Å²) in [5.41, 5.74) is 9.08. The van der Waals surface area contributed by atoms with Crippen LogP contribution in [0.4, 0.5) is 24.7 Å². The van der Waals surface area contributed by atoms with E-state index in [9.17, 15) is 18.0 Å². The molecule has 1 unspecified atom stereocenters. The normalized spacial score (nSPS) is 17.1. The molecule has 0 amide bonds. The van der Waals surface area contributed by atoms with Gasteiger partial charge in [0.25, 0.3) is 0 Å². The molecule has 0 spiro atoms. The van der Waals surface area contributed by atoms with E-state index in [1.807, 2.05) is 63.4 Å². The summed E-state index contributed by atoms with van der Waals surface area (Å²) in [6, 6.07) is 25.8. The maximum absolute atomic E-state index is 12.4. The fourth-order valence-electron chi connectivity index (χ4n) is 7.59. The molecule has 14 heteroatoms. The van der Waals surface area contributed by atoms with E-state index in [4.69, 9.17) is 19.9 Å². The van der Waals surface area contributed by atoms with Crippen LogP contribution in [-0.2, 0) is 17.3 Å². The van der Waals surface area contributed by atoms with Crippen molar-refractivity contribution in [1.82, 2.24) is 20.1 Å². The number of benzene rings is 3. The van der Waals surface area contributed by atoms with Crippen LogP contribution in [0, 0.1) is 12.8 Å². The van der Waals surface area contributed by atoms with Gasteiger partial charge in [0.15, 0.2) is 0 Å². The number of carbonyl (C=O) groups excluding carboxylic acids is 1. The van der Waals surface area contributed by atoms with Gasteiger partial charge in [-0.15, -0.1) is 0 Å². The first kappa shape index (κ1) is 51.9. The third-order valence-corrected chi connectivity index (χ3v) is 11.2. The third kappa shape index (κ3) is 18.4. The summed E-state index contributed by atoms with van der Waals surface area (Å²) in [6.45, 7) is 18.0. The van der Waals surface area contributed by atoms with E-state index < -0.39 is 11.9 Å². The minimum atomic E-state index is -4.40. The number of piperazine rings is 1. The lowest BCUT2D eigenvalue weighted by molar-refractivity contribution is -0.141. The minimum Gasteiger partial charge on any atom is -0.494 e. The highest BCUT2D eigenvalue weighted by molar-refractivity contribution is 5.75. The number of halogens is 3. The molecule has 0 bridgehead atoms. The Labute approximate surface area is 379 Å². The van der Waals surface area contributed by atoms with E-state index in [1.165, 1.54) is 68.9 Å². The van der Waals surface area contributed by atoms with Gasteiger partial charge in [-0.3, -0.25) is 4.79 Å². The van der Waals surface area contributed by atoms with Gasteiger partial charge >= 0.3 is 6.18 Å². The molecule has 3 saturated heterocycles. The summed E-state index contributed by atoms with van der Waals surface area (Å²) in [7, 11) is 4.16. The SMILES string of the molecule is CC.CN1CCN(CC2CCN(c3ccc(C=O)cc3)CC2)CC1.CNCCCOc1ccc(Oc2ccc(CCN)cc2C)cc1.FC(F)(F)c1cccc(NC2CCCOC2)n1. The van der Waals surface area contributed by atoms with Crippen LogP contribution in [-0.4, -0.2) is 120 Å². The minimum absolute atomic E-state index is 0.0414. The van der Waals surface area contributed by atoms with E-state index in [0.29, 0.717) is 26.4 Å².